The van der Waals surface area contributed by atoms with Gasteiger partial charge in [-0.15, -0.1) is 0 Å². The van der Waals surface area contributed by atoms with Gasteiger partial charge >= 0.3 is 5.97 Å². The number of anilines is 1. The van der Waals surface area contributed by atoms with Gasteiger partial charge in [0.2, 0.25) is 0 Å². The maximum atomic E-state index is 12.5. The molecular formula is C16H12Cl4N2O3. The maximum Gasteiger partial charge on any atom is 0.305 e. The number of nitrogens with two attached hydrogens (primary N) is 1. The minimum atomic E-state index is -1.10. The molecule has 9 heteroatoms. The van der Waals surface area contributed by atoms with Gasteiger partial charge in [0.05, 0.1) is 28.2 Å². The summed E-state index contributed by atoms with van der Waals surface area (Å²) in [7, 11) is 0. The molecule has 0 aliphatic heterocycles. The Morgan fingerprint density at radius 3 is 2.00 bits per heavy atom. The van der Waals surface area contributed by atoms with Crippen LogP contribution in [-0.4, -0.2) is 17.0 Å². The topological polar surface area (TPSA) is 92.4 Å². The minimum absolute atomic E-state index is 0.123. The Morgan fingerprint density at radius 1 is 1.00 bits per heavy atom. The summed E-state index contributed by atoms with van der Waals surface area (Å²) in [5.41, 5.74) is 6.40. The van der Waals surface area contributed by atoms with E-state index in [0.717, 1.165) is 0 Å². The molecule has 25 heavy (non-hydrogen) atoms. The van der Waals surface area contributed by atoms with E-state index in [1.54, 1.807) is 0 Å². The zero-order valence-electron chi connectivity index (χ0n) is 12.5. The van der Waals surface area contributed by atoms with Crippen molar-refractivity contribution in [3.63, 3.8) is 0 Å². The van der Waals surface area contributed by atoms with Crippen molar-refractivity contribution >= 4 is 64.0 Å². The van der Waals surface area contributed by atoms with Crippen LogP contribution in [0.1, 0.15) is 28.4 Å². The van der Waals surface area contributed by atoms with Gasteiger partial charge in [0.25, 0.3) is 5.91 Å². The summed E-state index contributed by atoms with van der Waals surface area (Å²) in [5, 5.41) is 12.6. The number of carboxylic acids is 1. The van der Waals surface area contributed by atoms with Crippen molar-refractivity contribution in [3.05, 3.63) is 61.5 Å². The van der Waals surface area contributed by atoms with Crippen LogP contribution in [0, 0.1) is 0 Å². The van der Waals surface area contributed by atoms with Gasteiger partial charge in [-0.05, 0) is 35.9 Å². The fraction of sp³-hybridized carbons (Fsp3) is 0.125. The molecule has 0 aliphatic rings. The van der Waals surface area contributed by atoms with Gasteiger partial charge in [-0.25, -0.2) is 0 Å². The quantitative estimate of drug-likeness (QED) is 0.603. The van der Waals surface area contributed by atoms with Crippen LogP contribution in [0.15, 0.2) is 30.3 Å². The van der Waals surface area contributed by atoms with Gasteiger partial charge in [-0.3, -0.25) is 9.59 Å². The summed E-state index contributed by atoms with van der Waals surface area (Å²) in [6.45, 7) is 0. The zero-order valence-corrected chi connectivity index (χ0v) is 15.5. The Hall–Kier alpha value is -1.66. The van der Waals surface area contributed by atoms with E-state index in [4.69, 9.17) is 57.2 Å². The van der Waals surface area contributed by atoms with Gasteiger partial charge in [0.15, 0.2) is 0 Å². The molecule has 0 aliphatic carbocycles. The first-order valence-electron chi connectivity index (χ1n) is 6.90. The van der Waals surface area contributed by atoms with E-state index in [1.807, 2.05) is 0 Å². The van der Waals surface area contributed by atoms with Gasteiger partial charge in [0.1, 0.15) is 0 Å². The molecule has 5 nitrogen and oxygen atoms in total. The lowest BCUT2D eigenvalue weighted by Gasteiger charge is -2.18. The van der Waals surface area contributed by atoms with E-state index in [9.17, 15) is 9.59 Å². The highest BCUT2D eigenvalue weighted by atomic mass is 35.5. The third-order valence-electron chi connectivity index (χ3n) is 3.31. The Bertz CT molecular complexity index is 799. The third-order valence-corrected chi connectivity index (χ3v) is 4.37. The van der Waals surface area contributed by atoms with E-state index >= 15 is 0 Å². The van der Waals surface area contributed by atoms with Gasteiger partial charge in [-0.1, -0.05) is 46.4 Å². The average Bonchev–Trinajstić information content (AvgIpc) is 2.50. The highest BCUT2D eigenvalue weighted by Gasteiger charge is 2.21. The summed E-state index contributed by atoms with van der Waals surface area (Å²) in [4.78, 5) is 23.6. The number of carboxylic acid groups (broad SMARTS) is 1. The second-order valence-electron chi connectivity index (χ2n) is 5.18. The highest BCUT2D eigenvalue weighted by Crippen LogP contribution is 2.30. The lowest BCUT2D eigenvalue weighted by molar-refractivity contribution is -0.137. The summed E-state index contributed by atoms with van der Waals surface area (Å²) in [5.74, 6) is -1.67. The number of hydrogen-bond donors (Lipinski definition) is 3. The largest absolute Gasteiger partial charge is 0.481 e. The van der Waals surface area contributed by atoms with Gasteiger partial charge in [0, 0.05) is 15.6 Å². The van der Waals surface area contributed by atoms with Crippen LogP contribution in [0.2, 0.25) is 20.1 Å². The number of carbonyl (C=O) groups excluding carboxylic acids is 1. The molecule has 0 saturated carbocycles. The molecule has 0 spiro atoms. The third kappa shape index (κ3) is 5.16. The molecule has 0 heterocycles. The van der Waals surface area contributed by atoms with Crippen molar-refractivity contribution in [3.8, 4) is 0 Å². The van der Waals surface area contributed by atoms with E-state index in [2.05, 4.69) is 5.32 Å². The normalized spacial score (nSPS) is 11.8. The van der Waals surface area contributed by atoms with Gasteiger partial charge < -0.3 is 16.2 Å². The average molecular weight is 422 g/mol. The lowest BCUT2D eigenvalue weighted by Crippen LogP contribution is -2.30. The summed E-state index contributed by atoms with van der Waals surface area (Å²) >= 11 is 23.7. The van der Waals surface area contributed by atoms with Crippen LogP contribution >= 0.6 is 46.4 Å². The van der Waals surface area contributed by atoms with E-state index in [1.165, 1.54) is 30.3 Å². The van der Waals surface area contributed by atoms with E-state index < -0.39 is 17.9 Å². The fourth-order valence-corrected chi connectivity index (χ4v) is 3.19. The van der Waals surface area contributed by atoms with Crippen molar-refractivity contribution in [2.24, 2.45) is 0 Å². The number of carbonyl (C=O) groups is 2. The summed E-state index contributed by atoms with van der Waals surface area (Å²) in [6, 6.07) is 6.42. The molecule has 2 aromatic rings. The lowest BCUT2D eigenvalue weighted by atomic mass is 10.0. The van der Waals surface area contributed by atoms with Crippen LogP contribution < -0.4 is 11.1 Å². The Balaban J connectivity index is 2.33. The molecule has 1 atom stereocenters. The Labute approximate surface area is 163 Å². The van der Waals surface area contributed by atoms with E-state index in [0.29, 0.717) is 15.6 Å². The first-order valence-corrected chi connectivity index (χ1v) is 8.41. The van der Waals surface area contributed by atoms with Crippen molar-refractivity contribution in [1.82, 2.24) is 5.32 Å². The van der Waals surface area contributed by atoms with Crippen LogP contribution in [0.5, 0.6) is 0 Å². The number of aliphatic carboxylic acids is 1. The van der Waals surface area contributed by atoms with Crippen LogP contribution in [0.3, 0.4) is 0 Å². The zero-order chi connectivity index (χ0) is 18.7. The highest BCUT2D eigenvalue weighted by molar-refractivity contribution is 6.39. The molecule has 0 bridgehead atoms. The molecule has 4 N–H and O–H groups in total. The predicted molar refractivity (Wildman–Crippen MR) is 99.8 cm³/mol. The molecule has 0 fully saturated rings. The predicted octanol–water partition coefficient (Wildman–Crippen LogP) is 4.83. The maximum absolute atomic E-state index is 12.5. The Kier molecular flexibility index (Phi) is 6.41. The van der Waals surface area contributed by atoms with Crippen molar-refractivity contribution in [2.45, 2.75) is 12.5 Å². The second-order valence-corrected chi connectivity index (χ2v) is 6.87. The monoisotopic (exact) mass is 420 g/mol. The molecule has 132 valence electrons. The number of nitrogen functional groups attached to an aromatic ring is 1. The summed E-state index contributed by atoms with van der Waals surface area (Å²) < 4.78 is 0. The number of halogens is 4. The standard InChI is InChI=1S/C16H12Cl4N2O3/c17-9-1-7(2-10(18)5-9)13(6-14(23)24)22-16(25)8-3-11(19)15(21)12(20)4-8/h1-5,13H,6,21H2,(H,22,25)(H,23,24)/t13-/m0/s1. The fourth-order valence-electron chi connectivity index (χ4n) is 2.16. The minimum Gasteiger partial charge on any atom is -0.481 e. The summed E-state index contributed by atoms with van der Waals surface area (Å²) in [6.07, 6.45) is -0.362. The number of nitrogens with one attached hydrogen (secondary N) is 1. The van der Waals surface area contributed by atoms with Gasteiger partial charge in [-0.2, -0.15) is 0 Å². The van der Waals surface area contributed by atoms with Crippen molar-refractivity contribution in [2.75, 3.05) is 5.73 Å². The van der Waals surface area contributed by atoms with Crippen molar-refractivity contribution < 1.29 is 14.7 Å². The molecule has 0 saturated heterocycles. The van der Waals surface area contributed by atoms with Crippen LogP contribution in [0.4, 0.5) is 5.69 Å². The number of benzene rings is 2. The number of amides is 1. The molecule has 0 aromatic heterocycles. The van der Waals surface area contributed by atoms with Crippen LogP contribution in [-0.2, 0) is 4.79 Å². The Morgan fingerprint density at radius 2 is 1.52 bits per heavy atom. The van der Waals surface area contributed by atoms with Crippen molar-refractivity contribution in [1.29, 1.82) is 0 Å². The SMILES string of the molecule is Nc1c(Cl)cc(C(=O)N[C@@H](CC(=O)O)c2cc(Cl)cc(Cl)c2)cc1Cl. The number of rotatable bonds is 5. The first kappa shape index (κ1) is 19.7. The number of hydrogen-bond acceptors (Lipinski definition) is 3. The molecule has 2 rings (SSSR count). The van der Waals surface area contributed by atoms with Crippen LogP contribution in [0.25, 0.3) is 0 Å². The second kappa shape index (κ2) is 8.15. The molecule has 1 amide bonds. The first-order chi connectivity index (χ1) is 11.7. The molecular weight excluding hydrogens is 410 g/mol. The molecule has 2 aromatic carbocycles. The molecule has 0 unspecified atom stereocenters. The smallest absolute Gasteiger partial charge is 0.305 e. The molecule has 0 radical (unpaired) electrons. The van der Waals surface area contributed by atoms with E-state index in [-0.39, 0.29) is 27.7 Å².